The van der Waals surface area contributed by atoms with Crippen LogP contribution in [-0.2, 0) is 16.2 Å². The lowest BCUT2D eigenvalue weighted by Gasteiger charge is -2.26. The Kier molecular flexibility index (Phi) is 4.98. The molecule has 0 amide bonds. The summed E-state index contributed by atoms with van der Waals surface area (Å²) in [6.07, 6.45) is 0. The molecule has 2 aromatic rings. The van der Waals surface area contributed by atoms with Gasteiger partial charge in [-0.1, -0.05) is 18.2 Å². The number of carbonyl (C=O) groups is 2. The second kappa shape index (κ2) is 7.20. The fourth-order valence-corrected chi connectivity index (χ4v) is 3.70. The third-order valence-corrected chi connectivity index (χ3v) is 4.81. The molecule has 26 heavy (non-hydrogen) atoms. The lowest BCUT2D eigenvalue weighted by atomic mass is 9.75. The molecule has 1 aliphatic heterocycles. The molecule has 3 rings (SSSR count). The number of rotatable bonds is 5. The molecule has 0 aliphatic carbocycles. The minimum atomic E-state index is -0.807. The third kappa shape index (κ3) is 3.05. The fourth-order valence-electron chi connectivity index (χ4n) is 3.70. The normalized spacial score (nSPS) is 15.3. The van der Waals surface area contributed by atoms with Gasteiger partial charge < -0.3 is 14.2 Å². The lowest BCUT2D eigenvalue weighted by molar-refractivity contribution is -0.130. The minimum Gasteiger partial charge on any atom is -0.497 e. The Morgan fingerprint density at radius 1 is 1.08 bits per heavy atom. The first kappa shape index (κ1) is 18.0. The van der Waals surface area contributed by atoms with Gasteiger partial charge in [-0.3, -0.25) is 9.59 Å². The van der Waals surface area contributed by atoms with E-state index in [2.05, 4.69) is 0 Å². The Balaban J connectivity index is 2.34. The highest BCUT2D eigenvalue weighted by Gasteiger charge is 2.38. The number of ketones is 2. The molecular formula is C21H22O5. The number of hydrogen-bond acceptors (Lipinski definition) is 5. The first-order chi connectivity index (χ1) is 12.5. The van der Waals surface area contributed by atoms with Crippen molar-refractivity contribution < 1.29 is 23.8 Å². The fraction of sp³-hybridized carbons (Fsp3) is 0.333. The van der Waals surface area contributed by atoms with Crippen LogP contribution in [-0.4, -0.2) is 25.8 Å². The van der Waals surface area contributed by atoms with Gasteiger partial charge in [0, 0.05) is 28.7 Å². The van der Waals surface area contributed by atoms with Crippen molar-refractivity contribution in [2.75, 3.05) is 14.2 Å². The number of carbonyl (C=O) groups excluding carboxylic acids is 2. The Labute approximate surface area is 152 Å². The molecule has 0 bridgehead atoms. The van der Waals surface area contributed by atoms with Crippen LogP contribution in [0, 0.1) is 5.92 Å². The molecule has 0 fully saturated rings. The largest absolute Gasteiger partial charge is 0.497 e. The highest BCUT2D eigenvalue weighted by atomic mass is 16.5. The first-order valence-corrected chi connectivity index (χ1v) is 8.45. The topological polar surface area (TPSA) is 61.8 Å². The summed E-state index contributed by atoms with van der Waals surface area (Å²) < 4.78 is 16.9. The molecule has 0 radical (unpaired) electrons. The van der Waals surface area contributed by atoms with Crippen LogP contribution in [0.3, 0.4) is 0 Å². The number of hydrogen-bond donors (Lipinski definition) is 0. The maximum atomic E-state index is 12.4. The number of fused-ring (bicyclic) bond motifs is 2. The maximum Gasteiger partial charge on any atom is 0.141 e. The van der Waals surface area contributed by atoms with Crippen LogP contribution in [0.1, 0.15) is 36.5 Å². The van der Waals surface area contributed by atoms with Crippen molar-refractivity contribution >= 4 is 11.6 Å². The van der Waals surface area contributed by atoms with Gasteiger partial charge >= 0.3 is 0 Å². The molecule has 5 nitrogen and oxygen atoms in total. The predicted molar refractivity (Wildman–Crippen MR) is 97.0 cm³/mol. The molecule has 1 aliphatic rings. The number of para-hydroxylation sites is 1. The monoisotopic (exact) mass is 354 g/mol. The zero-order valence-electron chi connectivity index (χ0n) is 15.4. The van der Waals surface area contributed by atoms with E-state index in [9.17, 15) is 9.59 Å². The molecule has 0 saturated heterocycles. The van der Waals surface area contributed by atoms with Gasteiger partial charge in [-0.15, -0.1) is 0 Å². The van der Waals surface area contributed by atoms with Crippen molar-refractivity contribution in [1.82, 2.24) is 0 Å². The average Bonchev–Trinajstić information content (AvgIpc) is 2.78. The van der Waals surface area contributed by atoms with Gasteiger partial charge in [0.15, 0.2) is 0 Å². The molecule has 0 spiro atoms. The van der Waals surface area contributed by atoms with E-state index in [0.717, 1.165) is 16.7 Å². The predicted octanol–water partition coefficient (Wildman–Crippen LogP) is 3.52. The Morgan fingerprint density at radius 2 is 1.77 bits per heavy atom. The van der Waals surface area contributed by atoms with Gasteiger partial charge in [0.1, 0.15) is 35.4 Å². The van der Waals surface area contributed by atoms with Crippen molar-refractivity contribution in [3.05, 3.63) is 53.1 Å². The van der Waals surface area contributed by atoms with Crippen LogP contribution in [0.5, 0.6) is 17.2 Å². The first-order valence-electron chi connectivity index (χ1n) is 8.45. The highest BCUT2D eigenvalue weighted by Crippen LogP contribution is 2.47. The van der Waals surface area contributed by atoms with Gasteiger partial charge in [0.2, 0.25) is 0 Å². The summed E-state index contributed by atoms with van der Waals surface area (Å²) in [6, 6.07) is 11.2. The molecule has 0 aromatic heterocycles. The van der Waals surface area contributed by atoms with Crippen molar-refractivity contribution in [2.45, 2.75) is 26.4 Å². The second-order valence-electron chi connectivity index (χ2n) is 6.41. The zero-order valence-corrected chi connectivity index (χ0v) is 15.4. The van der Waals surface area contributed by atoms with E-state index >= 15 is 0 Å². The van der Waals surface area contributed by atoms with Crippen LogP contribution in [0.4, 0.5) is 0 Å². The van der Waals surface area contributed by atoms with E-state index < -0.39 is 11.8 Å². The van der Waals surface area contributed by atoms with E-state index in [1.807, 2.05) is 30.3 Å². The smallest absolute Gasteiger partial charge is 0.141 e. The van der Waals surface area contributed by atoms with Crippen molar-refractivity contribution in [2.24, 2.45) is 5.92 Å². The summed E-state index contributed by atoms with van der Waals surface area (Å²) in [6.45, 7) is 3.21. The summed E-state index contributed by atoms with van der Waals surface area (Å²) in [5.74, 6) is 0.250. The molecule has 0 N–H and O–H groups in total. The summed E-state index contributed by atoms with van der Waals surface area (Å²) >= 11 is 0. The van der Waals surface area contributed by atoms with Crippen molar-refractivity contribution in [3.8, 4) is 17.2 Å². The Bertz CT molecular complexity index is 841. The average molecular weight is 354 g/mol. The molecule has 2 aromatic carbocycles. The van der Waals surface area contributed by atoms with E-state index in [1.165, 1.54) is 13.8 Å². The van der Waals surface area contributed by atoms with Crippen LogP contribution in [0.25, 0.3) is 0 Å². The summed E-state index contributed by atoms with van der Waals surface area (Å²) in [7, 11) is 3.15. The van der Waals surface area contributed by atoms with Crippen LogP contribution in [0.2, 0.25) is 0 Å². The molecular weight excluding hydrogens is 332 g/mol. The number of methoxy groups -OCH3 is 2. The van der Waals surface area contributed by atoms with Crippen LogP contribution < -0.4 is 14.2 Å². The van der Waals surface area contributed by atoms with Gasteiger partial charge in [0.25, 0.3) is 0 Å². The molecule has 1 atom stereocenters. The van der Waals surface area contributed by atoms with Gasteiger partial charge in [-0.2, -0.15) is 0 Å². The number of ether oxygens (including phenoxy) is 3. The molecule has 5 heteroatoms. The number of Topliss-reactive ketones (excluding diaryl/α,β-unsaturated/α-hetero) is 2. The lowest BCUT2D eigenvalue weighted by Crippen LogP contribution is -2.28. The Morgan fingerprint density at radius 3 is 2.38 bits per heavy atom. The summed E-state index contributed by atoms with van der Waals surface area (Å²) in [4.78, 5) is 24.8. The van der Waals surface area contributed by atoms with Gasteiger partial charge in [-0.25, -0.2) is 0 Å². The standard InChI is InChI=1S/C21H22O5/c1-12(22)19(13(2)23)21-16-7-5-6-8-17(16)26-11-14-9-15(24-3)10-18(25-4)20(14)21/h5-10,19,21H,11H2,1-4H3. The number of benzene rings is 2. The molecule has 0 saturated carbocycles. The minimum absolute atomic E-state index is 0.178. The second-order valence-corrected chi connectivity index (χ2v) is 6.41. The Hall–Kier alpha value is -2.82. The molecule has 1 unspecified atom stereocenters. The quantitative estimate of drug-likeness (QED) is 0.769. The van der Waals surface area contributed by atoms with E-state index in [-0.39, 0.29) is 11.6 Å². The SMILES string of the molecule is COc1cc2c(c(OC)c1)C(C(C(C)=O)C(C)=O)c1ccccc1OC2. The van der Waals surface area contributed by atoms with Crippen molar-refractivity contribution in [3.63, 3.8) is 0 Å². The summed E-state index contributed by atoms with van der Waals surface area (Å²) in [5, 5.41) is 0. The zero-order chi connectivity index (χ0) is 18.8. The highest BCUT2D eigenvalue weighted by molar-refractivity contribution is 6.02. The third-order valence-electron chi connectivity index (χ3n) is 4.81. The van der Waals surface area contributed by atoms with Gasteiger partial charge in [0.05, 0.1) is 20.1 Å². The van der Waals surface area contributed by atoms with Gasteiger partial charge in [-0.05, 0) is 26.0 Å². The van der Waals surface area contributed by atoms with Crippen LogP contribution in [0.15, 0.2) is 36.4 Å². The van der Waals surface area contributed by atoms with E-state index in [0.29, 0.717) is 23.9 Å². The van der Waals surface area contributed by atoms with Crippen molar-refractivity contribution in [1.29, 1.82) is 0 Å². The molecule has 1 heterocycles. The maximum absolute atomic E-state index is 12.4. The van der Waals surface area contributed by atoms with Crippen LogP contribution >= 0.6 is 0 Å². The summed E-state index contributed by atoms with van der Waals surface area (Å²) in [5.41, 5.74) is 2.45. The van der Waals surface area contributed by atoms with E-state index in [4.69, 9.17) is 14.2 Å². The molecule has 136 valence electrons. The van der Waals surface area contributed by atoms with E-state index in [1.54, 1.807) is 20.3 Å².